The average molecular weight is 316 g/mol. The van der Waals surface area contributed by atoms with Gasteiger partial charge < -0.3 is 10.1 Å². The number of carbonyl (C=O) groups is 3. The van der Waals surface area contributed by atoms with Gasteiger partial charge in [0.1, 0.15) is 5.60 Å². The lowest BCUT2D eigenvalue weighted by Gasteiger charge is -2.19. The fourth-order valence-electron chi connectivity index (χ4n) is 2.08. The number of benzene rings is 1. The number of carbonyl (C=O) groups excluding carboxylic acids is 3. The van der Waals surface area contributed by atoms with Crippen molar-refractivity contribution in [2.75, 3.05) is 6.54 Å². The summed E-state index contributed by atoms with van der Waals surface area (Å²) in [4.78, 5) is 34.5. The highest BCUT2D eigenvalue weighted by molar-refractivity contribution is 6.21. The van der Waals surface area contributed by atoms with Crippen LogP contribution in [0.25, 0.3) is 6.08 Å². The highest BCUT2D eigenvalue weighted by atomic mass is 16.6. The van der Waals surface area contributed by atoms with E-state index in [1.807, 2.05) is 12.2 Å². The summed E-state index contributed by atoms with van der Waals surface area (Å²) in [5, 5.41) is 4.91. The number of alkyl carbamates (subject to hydrolysis) is 1. The molecule has 0 atom stereocenters. The standard InChI is InChI=1S/C17H20N2O4/c1-17(2,3)23-16(22)18-9-5-4-6-11-7-8-12-13(10-11)15(21)19-14(12)20/h4,6-8,10H,5,9H2,1-3H3,(H,18,22)(H,19,20,21). The zero-order valence-corrected chi connectivity index (χ0v) is 13.4. The van der Waals surface area contributed by atoms with Gasteiger partial charge in [0.15, 0.2) is 0 Å². The molecule has 0 saturated heterocycles. The lowest BCUT2D eigenvalue weighted by Crippen LogP contribution is -2.32. The fraction of sp³-hybridized carbons (Fsp3) is 0.353. The van der Waals surface area contributed by atoms with Crippen LogP contribution in [0.3, 0.4) is 0 Å². The SMILES string of the molecule is CC(C)(C)OC(=O)NCCC=Cc1ccc2c(c1)C(=O)NC2=O. The van der Waals surface area contributed by atoms with Crippen LogP contribution in [0.4, 0.5) is 4.79 Å². The molecule has 1 aliphatic rings. The predicted molar refractivity (Wildman–Crippen MR) is 86.1 cm³/mol. The molecule has 3 amide bonds. The second-order valence-corrected chi connectivity index (χ2v) is 6.21. The molecule has 23 heavy (non-hydrogen) atoms. The Kier molecular flexibility index (Phi) is 4.83. The lowest BCUT2D eigenvalue weighted by atomic mass is 10.1. The molecular weight excluding hydrogens is 296 g/mol. The molecule has 1 aromatic carbocycles. The minimum Gasteiger partial charge on any atom is -0.444 e. The van der Waals surface area contributed by atoms with Crippen LogP contribution in [0, 0.1) is 0 Å². The van der Waals surface area contributed by atoms with Gasteiger partial charge in [-0.15, -0.1) is 0 Å². The molecule has 1 aromatic rings. The molecule has 1 heterocycles. The molecular formula is C17H20N2O4. The van der Waals surface area contributed by atoms with Crippen molar-refractivity contribution >= 4 is 24.0 Å². The molecule has 0 aromatic heterocycles. The van der Waals surface area contributed by atoms with E-state index in [-0.39, 0.29) is 11.8 Å². The summed E-state index contributed by atoms with van der Waals surface area (Å²) in [6, 6.07) is 5.08. The van der Waals surface area contributed by atoms with E-state index in [4.69, 9.17) is 4.74 Å². The maximum Gasteiger partial charge on any atom is 0.407 e. The van der Waals surface area contributed by atoms with E-state index in [1.165, 1.54) is 0 Å². The molecule has 0 unspecified atom stereocenters. The number of amides is 3. The average Bonchev–Trinajstić information content (AvgIpc) is 2.71. The van der Waals surface area contributed by atoms with Gasteiger partial charge in [-0.25, -0.2) is 4.79 Å². The van der Waals surface area contributed by atoms with Crippen molar-refractivity contribution in [3.8, 4) is 0 Å². The first kappa shape index (κ1) is 16.7. The number of ether oxygens (including phenoxy) is 1. The molecule has 0 bridgehead atoms. The molecule has 6 heteroatoms. The quantitative estimate of drug-likeness (QED) is 0.660. The van der Waals surface area contributed by atoms with Crippen LogP contribution in [0.2, 0.25) is 0 Å². The number of rotatable bonds is 4. The van der Waals surface area contributed by atoms with Crippen LogP contribution in [0.15, 0.2) is 24.3 Å². The van der Waals surface area contributed by atoms with Crippen LogP contribution < -0.4 is 10.6 Å². The van der Waals surface area contributed by atoms with Gasteiger partial charge in [0, 0.05) is 6.54 Å². The van der Waals surface area contributed by atoms with Crippen LogP contribution >= 0.6 is 0 Å². The van der Waals surface area contributed by atoms with Crippen LogP contribution in [-0.2, 0) is 4.74 Å². The van der Waals surface area contributed by atoms with Gasteiger partial charge in [-0.05, 0) is 44.9 Å². The third-order valence-corrected chi connectivity index (χ3v) is 3.05. The first-order valence-corrected chi connectivity index (χ1v) is 7.39. The Morgan fingerprint density at radius 2 is 1.91 bits per heavy atom. The molecule has 0 spiro atoms. The van der Waals surface area contributed by atoms with Crippen molar-refractivity contribution in [1.82, 2.24) is 10.6 Å². The molecule has 122 valence electrons. The largest absolute Gasteiger partial charge is 0.444 e. The maximum absolute atomic E-state index is 11.6. The van der Waals surface area contributed by atoms with E-state index in [1.54, 1.807) is 39.0 Å². The summed E-state index contributed by atoms with van der Waals surface area (Å²) in [5.74, 6) is -0.728. The zero-order valence-electron chi connectivity index (χ0n) is 13.4. The first-order chi connectivity index (χ1) is 10.8. The minimum absolute atomic E-state index is 0.359. The van der Waals surface area contributed by atoms with Gasteiger partial charge in [-0.1, -0.05) is 18.2 Å². The molecule has 2 rings (SSSR count). The summed E-state index contributed by atoms with van der Waals surface area (Å²) in [5.41, 5.74) is 1.11. The normalized spacial score (nSPS) is 13.9. The van der Waals surface area contributed by atoms with Crippen LogP contribution in [0.5, 0.6) is 0 Å². The van der Waals surface area contributed by atoms with E-state index in [0.717, 1.165) is 5.56 Å². The molecule has 6 nitrogen and oxygen atoms in total. The lowest BCUT2D eigenvalue weighted by molar-refractivity contribution is 0.0528. The monoisotopic (exact) mass is 316 g/mol. The van der Waals surface area contributed by atoms with E-state index < -0.39 is 11.7 Å². The summed E-state index contributed by atoms with van der Waals surface area (Å²) in [6.45, 7) is 5.87. The van der Waals surface area contributed by atoms with Gasteiger partial charge in [-0.2, -0.15) is 0 Å². The molecule has 2 N–H and O–H groups in total. The number of hydrogen-bond acceptors (Lipinski definition) is 4. The van der Waals surface area contributed by atoms with Gasteiger partial charge in [0.25, 0.3) is 11.8 Å². The second-order valence-electron chi connectivity index (χ2n) is 6.21. The van der Waals surface area contributed by atoms with E-state index >= 15 is 0 Å². The molecule has 0 aliphatic carbocycles. The summed E-state index contributed by atoms with van der Waals surface area (Å²) in [6.07, 6.45) is 3.90. The van der Waals surface area contributed by atoms with Crippen LogP contribution in [-0.4, -0.2) is 30.1 Å². The topological polar surface area (TPSA) is 84.5 Å². The second kappa shape index (κ2) is 6.64. The molecule has 0 fully saturated rings. The van der Waals surface area contributed by atoms with Crippen molar-refractivity contribution in [2.45, 2.75) is 32.8 Å². The Morgan fingerprint density at radius 1 is 1.22 bits per heavy atom. The third-order valence-electron chi connectivity index (χ3n) is 3.05. The summed E-state index contributed by atoms with van der Waals surface area (Å²) in [7, 11) is 0. The smallest absolute Gasteiger partial charge is 0.407 e. The van der Waals surface area contributed by atoms with Crippen molar-refractivity contribution in [3.63, 3.8) is 0 Å². The van der Waals surface area contributed by atoms with E-state index in [0.29, 0.717) is 24.1 Å². The summed E-state index contributed by atoms with van der Waals surface area (Å²) >= 11 is 0. The van der Waals surface area contributed by atoms with Crippen molar-refractivity contribution in [2.24, 2.45) is 0 Å². The number of imide groups is 1. The number of hydrogen-bond donors (Lipinski definition) is 2. The molecule has 0 radical (unpaired) electrons. The highest BCUT2D eigenvalue weighted by Crippen LogP contribution is 2.18. The molecule has 0 saturated carbocycles. The van der Waals surface area contributed by atoms with E-state index in [9.17, 15) is 14.4 Å². The first-order valence-electron chi connectivity index (χ1n) is 7.39. The Bertz CT molecular complexity index is 672. The Labute approximate surface area is 134 Å². The van der Waals surface area contributed by atoms with Gasteiger partial charge in [-0.3, -0.25) is 14.9 Å². The predicted octanol–water partition coefficient (Wildman–Crippen LogP) is 2.50. The Morgan fingerprint density at radius 3 is 2.61 bits per heavy atom. The van der Waals surface area contributed by atoms with Crippen molar-refractivity contribution in [3.05, 3.63) is 41.0 Å². The Hall–Kier alpha value is -2.63. The minimum atomic E-state index is -0.512. The van der Waals surface area contributed by atoms with Crippen molar-refractivity contribution < 1.29 is 19.1 Å². The highest BCUT2D eigenvalue weighted by Gasteiger charge is 2.26. The molecule has 1 aliphatic heterocycles. The summed E-state index contributed by atoms with van der Waals surface area (Å²) < 4.78 is 5.12. The van der Waals surface area contributed by atoms with Crippen LogP contribution in [0.1, 0.15) is 53.5 Å². The van der Waals surface area contributed by atoms with E-state index in [2.05, 4.69) is 10.6 Å². The van der Waals surface area contributed by atoms with Gasteiger partial charge in [0.2, 0.25) is 0 Å². The zero-order chi connectivity index (χ0) is 17.0. The van der Waals surface area contributed by atoms with Gasteiger partial charge in [0.05, 0.1) is 11.1 Å². The number of fused-ring (bicyclic) bond motifs is 1. The third kappa shape index (κ3) is 4.67. The van der Waals surface area contributed by atoms with Crippen molar-refractivity contribution in [1.29, 1.82) is 0 Å². The van der Waals surface area contributed by atoms with Gasteiger partial charge >= 0.3 is 6.09 Å². The number of nitrogens with one attached hydrogen (secondary N) is 2. The maximum atomic E-state index is 11.6. The fourth-order valence-corrected chi connectivity index (χ4v) is 2.08. The Balaban J connectivity index is 1.83.